The first-order chi connectivity index (χ1) is 8.65. The van der Waals surface area contributed by atoms with E-state index in [9.17, 15) is 0 Å². The van der Waals surface area contributed by atoms with Gasteiger partial charge in [0, 0.05) is 10.7 Å². The molecular weight excluding hydrogens is 288 g/mol. The molecule has 2 heteroatoms. The molecule has 3 atom stereocenters. The Hall–Kier alpha value is 0.440. The first-order valence-electron chi connectivity index (χ1n) is 7.83. The fourth-order valence-corrected chi connectivity index (χ4v) is 4.29. The zero-order valence-electron chi connectivity index (χ0n) is 12.1. The summed E-state index contributed by atoms with van der Waals surface area (Å²) in [5.41, 5.74) is 0.449. The minimum absolute atomic E-state index is 0.449. The van der Waals surface area contributed by atoms with Crippen molar-refractivity contribution >= 4 is 15.9 Å². The lowest BCUT2D eigenvalue weighted by atomic mass is 9.76. The number of hydrogen-bond donors (Lipinski definition) is 0. The Morgan fingerprint density at radius 3 is 2.39 bits per heavy atom. The van der Waals surface area contributed by atoms with Crippen LogP contribution in [-0.4, -0.2) is 18.0 Å². The topological polar surface area (TPSA) is 9.23 Å². The number of rotatable bonds is 4. The number of halogens is 1. The smallest absolute Gasteiger partial charge is 0.0578 e. The molecule has 18 heavy (non-hydrogen) atoms. The predicted octanol–water partition coefficient (Wildman–Crippen LogP) is 5.17. The van der Waals surface area contributed by atoms with Crippen molar-refractivity contribution in [3.63, 3.8) is 0 Å². The lowest BCUT2D eigenvalue weighted by molar-refractivity contribution is -0.0447. The Labute approximate surface area is 121 Å². The van der Waals surface area contributed by atoms with E-state index in [4.69, 9.17) is 4.74 Å². The molecule has 0 aromatic rings. The zero-order valence-corrected chi connectivity index (χ0v) is 13.7. The normalized spacial score (nSPS) is 36.5. The summed E-state index contributed by atoms with van der Waals surface area (Å²) in [7, 11) is 0. The summed E-state index contributed by atoms with van der Waals surface area (Å²) < 4.78 is 6.31. The van der Waals surface area contributed by atoms with Crippen LogP contribution in [-0.2, 0) is 4.74 Å². The minimum atomic E-state index is 0.449. The lowest BCUT2D eigenvalue weighted by Crippen LogP contribution is -2.35. The van der Waals surface area contributed by atoms with E-state index >= 15 is 0 Å². The van der Waals surface area contributed by atoms with Crippen LogP contribution < -0.4 is 0 Å². The summed E-state index contributed by atoms with van der Waals surface area (Å²) in [6.45, 7) is 5.77. The molecule has 0 heterocycles. The average molecular weight is 317 g/mol. The van der Waals surface area contributed by atoms with Crippen molar-refractivity contribution in [2.45, 2.75) is 71.3 Å². The number of ether oxygens (including phenoxy) is 1. The molecule has 2 aliphatic rings. The van der Waals surface area contributed by atoms with Crippen molar-refractivity contribution in [1.82, 2.24) is 0 Å². The third-order valence-corrected chi connectivity index (χ3v) is 6.56. The molecule has 0 amide bonds. The summed E-state index contributed by atoms with van der Waals surface area (Å²) in [6.07, 6.45) is 11.4. The van der Waals surface area contributed by atoms with Crippen molar-refractivity contribution in [2.24, 2.45) is 17.3 Å². The van der Waals surface area contributed by atoms with E-state index in [0.717, 1.165) is 23.8 Å². The van der Waals surface area contributed by atoms with Crippen molar-refractivity contribution in [2.75, 3.05) is 11.9 Å². The second kappa shape index (κ2) is 6.74. The van der Waals surface area contributed by atoms with Crippen LogP contribution in [0.4, 0.5) is 0 Å². The van der Waals surface area contributed by atoms with Crippen LogP contribution in [0, 0.1) is 17.3 Å². The van der Waals surface area contributed by atoms with Gasteiger partial charge in [0.25, 0.3) is 0 Å². The molecule has 0 aromatic heterocycles. The summed E-state index contributed by atoms with van der Waals surface area (Å²) >= 11 is 3.73. The van der Waals surface area contributed by atoms with E-state index in [1.165, 1.54) is 51.4 Å². The zero-order chi connectivity index (χ0) is 13.0. The van der Waals surface area contributed by atoms with Gasteiger partial charge in [0.15, 0.2) is 0 Å². The van der Waals surface area contributed by atoms with Gasteiger partial charge in [0.05, 0.1) is 12.7 Å². The molecule has 0 spiro atoms. The molecule has 0 aromatic carbocycles. The fourth-order valence-electron chi connectivity index (χ4n) is 3.56. The van der Waals surface area contributed by atoms with Gasteiger partial charge in [-0.2, -0.15) is 0 Å². The van der Waals surface area contributed by atoms with Crippen molar-refractivity contribution < 1.29 is 4.74 Å². The molecular formula is C16H29BrO. The van der Waals surface area contributed by atoms with E-state index in [2.05, 4.69) is 29.8 Å². The lowest BCUT2D eigenvalue weighted by Gasteiger charge is -2.38. The molecule has 2 rings (SSSR count). The molecule has 106 valence electrons. The van der Waals surface area contributed by atoms with Gasteiger partial charge in [0.1, 0.15) is 0 Å². The highest BCUT2D eigenvalue weighted by Crippen LogP contribution is 2.39. The van der Waals surface area contributed by atoms with Gasteiger partial charge in [-0.1, -0.05) is 49.0 Å². The third-order valence-electron chi connectivity index (χ3n) is 5.37. The molecule has 0 aliphatic heterocycles. The van der Waals surface area contributed by atoms with Gasteiger partial charge in [-0.25, -0.2) is 0 Å². The summed E-state index contributed by atoms with van der Waals surface area (Å²) in [5, 5.41) is 1.12. The second-order valence-corrected chi connectivity index (χ2v) is 7.46. The Morgan fingerprint density at radius 1 is 1.06 bits per heavy atom. The monoisotopic (exact) mass is 316 g/mol. The molecule has 0 radical (unpaired) electrons. The van der Waals surface area contributed by atoms with Gasteiger partial charge in [-0.05, 0) is 43.9 Å². The highest BCUT2D eigenvalue weighted by molar-refractivity contribution is 9.09. The summed E-state index contributed by atoms with van der Waals surface area (Å²) in [6, 6.07) is 0. The SMILES string of the molecule is CC1CCC(OCC2(CBr)CCCCC2)CC1C. The van der Waals surface area contributed by atoms with Crippen LogP contribution in [0.1, 0.15) is 65.2 Å². The van der Waals surface area contributed by atoms with Crippen LogP contribution in [0.5, 0.6) is 0 Å². The summed E-state index contributed by atoms with van der Waals surface area (Å²) in [4.78, 5) is 0. The van der Waals surface area contributed by atoms with Crippen LogP contribution in [0.25, 0.3) is 0 Å². The van der Waals surface area contributed by atoms with E-state index in [-0.39, 0.29) is 0 Å². The molecule has 1 nitrogen and oxygen atoms in total. The Balaban J connectivity index is 1.79. The van der Waals surface area contributed by atoms with E-state index in [0.29, 0.717) is 11.5 Å². The van der Waals surface area contributed by atoms with Crippen molar-refractivity contribution in [1.29, 1.82) is 0 Å². The number of alkyl halides is 1. The molecule has 3 unspecified atom stereocenters. The van der Waals surface area contributed by atoms with Crippen LogP contribution in [0.15, 0.2) is 0 Å². The Morgan fingerprint density at radius 2 is 1.78 bits per heavy atom. The highest BCUT2D eigenvalue weighted by atomic mass is 79.9. The van der Waals surface area contributed by atoms with E-state index < -0.39 is 0 Å². The second-order valence-electron chi connectivity index (χ2n) is 6.89. The minimum Gasteiger partial charge on any atom is -0.378 e. The Kier molecular flexibility index (Phi) is 5.56. The largest absolute Gasteiger partial charge is 0.378 e. The van der Waals surface area contributed by atoms with Gasteiger partial charge in [-0.3, -0.25) is 0 Å². The maximum atomic E-state index is 6.31. The van der Waals surface area contributed by atoms with Gasteiger partial charge < -0.3 is 4.74 Å². The van der Waals surface area contributed by atoms with E-state index in [1.54, 1.807) is 0 Å². The molecule has 2 fully saturated rings. The molecule has 0 bridgehead atoms. The van der Waals surface area contributed by atoms with E-state index in [1.807, 2.05) is 0 Å². The fraction of sp³-hybridized carbons (Fsp3) is 1.00. The van der Waals surface area contributed by atoms with Gasteiger partial charge in [0.2, 0.25) is 0 Å². The molecule has 2 aliphatic carbocycles. The van der Waals surface area contributed by atoms with Crippen LogP contribution in [0.3, 0.4) is 0 Å². The predicted molar refractivity (Wildman–Crippen MR) is 81.2 cm³/mol. The van der Waals surface area contributed by atoms with Crippen molar-refractivity contribution in [3.8, 4) is 0 Å². The first-order valence-corrected chi connectivity index (χ1v) is 8.95. The van der Waals surface area contributed by atoms with Crippen molar-refractivity contribution in [3.05, 3.63) is 0 Å². The van der Waals surface area contributed by atoms with Gasteiger partial charge in [-0.15, -0.1) is 0 Å². The highest BCUT2D eigenvalue weighted by Gasteiger charge is 2.33. The quantitative estimate of drug-likeness (QED) is 0.650. The maximum absolute atomic E-state index is 6.31. The molecule has 0 saturated heterocycles. The maximum Gasteiger partial charge on any atom is 0.0578 e. The Bertz CT molecular complexity index is 247. The summed E-state index contributed by atoms with van der Waals surface area (Å²) in [5.74, 6) is 1.74. The molecule has 2 saturated carbocycles. The number of hydrogen-bond acceptors (Lipinski definition) is 1. The standard InChI is InChI=1S/C16H29BrO/c1-13-6-7-15(10-14(13)2)18-12-16(11-17)8-4-3-5-9-16/h13-15H,3-12H2,1-2H3. The average Bonchev–Trinajstić information content (AvgIpc) is 2.41. The van der Waals surface area contributed by atoms with Gasteiger partial charge >= 0.3 is 0 Å². The van der Waals surface area contributed by atoms with Crippen LogP contribution in [0.2, 0.25) is 0 Å². The third kappa shape index (κ3) is 3.72. The molecule has 0 N–H and O–H groups in total. The van der Waals surface area contributed by atoms with Crippen LogP contribution >= 0.6 is 15.9 Å². The first kappa shape index (κ1) is 14.8.